The van der Waals surface area contributed by atoms with Crippen molar-refractivity contribution in [1.82, 2.24) is 10.6 Å². The standard InChI is InChI=1S/C16H20F2N4O3/c1-9(19)13(15(20)22-7-6-21-2)16(24)25-8-12(23)14-10(17)4-3-5-11(14)18/h3-5,19,21-22H,6-8,20H2,1-2H3/b15-13+,19-9?. The molecular formula is C16H20F2N4O3. The molecule has 9 heteroatoms. The second-order valence-electron chi connectivity index (χ2n) is 5.04. The molecular weight excluding hydrogens is 334 g/mol. The number of carbonyl (C=O) groups excluding carboxylic acids is 2. The molecule has 0 bridgehead atoms. The summed E-state index contributed by atoms with van der Waals surface area (Å²) in [6, 6.07) is 2.97. The topological polar surface area (TPSA) is 117 Å². The van der Waals surface area contributed by atoms with Crippen molar-refractivity contribution in [3.63, 3.8) is 0 Å². The van der Waals surface area contributed by atoms with Crippen LogP contribution in [-0.4, -0.2) is 44.2 Å². The normalized spacial score (nSPS) is 11.5. The van der Waals surface area contributed by atoms with Crippen LogP contribution in [0.25, 0.3) is 0 Å². The minimum atomic E-state index is -1.05. The van der Waals surface area contributed by atoms with Gasteiger partial charge in [-0.1, -0.05) is 6.07 Å². The van der Waals surface area contributed by atoms with Gasteiger partial charge in [0, 0.05) is 18.8 Å². The Kier molecular flexibility index (Phi) is 7.67. The number of benzene rings is 1. The first-order valence-electron chi connectivity index (χ1n) is 7.37. The number of rotatable bonds is 9. The SMILES string of the molecule is CNCCN/C(N)=C(\C(C)=N)C(=O)OCC(=O)c1c(F)cccc1F. The molecule has 0 heterocycles. The fourth-order valence-electron chi connectivity index (χ4n) is 1.92. The third-order valence-electron chi connectivity index (χ3n) is 3.11. The summed E-state index contributed by atoms with van der Waals surface area (Å²) in [5.74, 6) is -4.25. The van der Waals surface area contributed by atoms with Crippen LogP contribution in [0.1, 0.15) is 17.3 Å². The summed E-state index contributed by atoms with van der Waals surface area (Å²) in [5.41, 5.74) is 4.51. The third kappa shape index (κ3) is 5.64. The molecule has 0 aliphatic carbocycles. The molecule has 25 heavy (non-hydrogen) atoms. The van der Waals surface area contributed by atoms with E-state index in [-0.39, 0.29) is 17.1 Å². The highest BCUT2D eigenvalue weighted by atomic mass is 19.1. The maximum Gasteiger partial charge on any atom is 0.344 e. The molecule has 0 radical (unpaired) electrons. The summed E-state index contributed by atoms with van der Waals surface area (Å²) in [7, 11) is 1.73. The number of hydrogen-bond donors (Lipinski definition) is 4. The molecule has 7 nitrogen and oxygen atoms in total. The first kappa shape index (κ1) is 20.2. The quantitative estimate of drug-likeness (QED) is 0.171. The van der Waals surface area contributed by atoms with Gasteiger partial charge < -0.3 is 26.5 Å². The average molecular weight is 354 g/mol. The fraction of sp³-hybridized carbons (Fsp3) is 0.312. The van der Waals surface area contributed by atoms with Crippen molar-refractivity contribution in [2.75, 3.05) is 26.7 Å². The maximum atomic E-state index is 13.5. The molecule has 0 atom stereocenters. The summed E-state index contributed by atoms with van der Waals surface area (Å²) in [5, 5.41) is 13.2. The lowest BCUT2D eigenvalue weighted by Crippen LogP contribution is -2.32. The predicted octanol–water partition coefficient (Wildman–Crippen LogP) is 0.710. The third-order valence-corrected chi connectivity index (χ3v) is 3.11. The van der Waals surface area contributed by atoms with Crippen molar-refractivity contribution in [3.05, 3.63) is 46.8 Å². The number of esters is 1. The number of likely N-dealkylation sites (N-methyl/N-ethyl adjacent to an activating group) is 1. The Morgan fingerprint density at radius 3 is 2.36 bits per heavy atom. The highest BCUT2D eigenvalue weighted by molar-refractivity contribution is 6.18. The molecule has 5 N–H and O–H groups in total. The van der Waals surface area contributed by atoms with Gasteiger partial charge in [0.1, 0.15) is 23.0 Å². The monoisotopic (exact) mass is 354 g/mol. The number of halogens is 2. The molecule has 1 rings (SSSR count). The van der Waals surface area contributed by atoms with Gasteiger partial charge in [-0.3, -0.25) is 4.79 Å². The second-order valence-corrected chi connectivity index (χ2v) is 5.04. The van der Waals surface area contributed by atoms with Crippen molar-refractivity contribution in [2.24, 2.45) is 5.73 Å². The zero-order chi connectivity index (χ0) is 19.0. The van der Waals surface area contributed by atoms with Crippen LogP contribution >= 0.6 is 0 Å². The van der Waals surface area contributed by atoms with E-state index >= 15 is 0 Å². The molecule has 0 aliphatic heterocycles. The molecule has 0 aliphatic rings. The van der Waals surface area contributed by atoms with Crippen LogP contribution in [0.3, 0.4) is 0 Å². The van der Waals surface area contributed by atoms with Gasteiger partial charge in [-0.05, 0) is 26.1 Å². The van der Waals surface area contributed by atoms with Gasteiger partial charge in [-0.25, -0.2) is 13.6 Å². The van der Waals surface area contributed by atoms with Crippen molar-refractivity contribution >= 4 is 17.5 Å². The minimum absolute atomic E-state index is 0.0859. The molecule has 0 unspecified atom stereocenters. The van der Waals surface area contributed by atoms with Gasteiger partial charge in [0.25, 0.3) is 0 Å². The smallest absolute Gasteiger partial charge is 0.344 e. The van der Waals surface area contributed by atoms with E-state index in [2.05, 4.69) is 10.6 Å². The molecule has 136 valence electrons. The van der Waals surface area contributed by atoms with Gasteiger partial charge in [-0.15, -0.1) is 0 Å². The summed E-state index contributed by atoms with van der Waals surface area (Å²) in [4.78, 5) is 24.0. The van der Waals surface area contributed by atoms with E-state index in [1.54, 1.807) is 7.05 Å². The van der Waals surface area contributed by atoms with Crippen LogP contribution in [0.5, 0.6) is 0 Å². The Balaban J connectivity index is 2.83. The summed E-state index contributed by atoms with van der Waals surface area (Å²) >= 11 is 0. The Labute approximate surface area is 143 Å². The molecule has 0 aromatic heterocycles. The molecule has 0 fully saturated rings. The molecule has 1 aromatic rings. The number of ketones is 1. The van der Waals surface area contributed by atoms with Crippen LogP contribution in [-0.2, 0) is 9.53 Å². The summed E-state index contributed by atoms with van der Waals surface area (Å²) < 4.78 is 31.8. The van der Waals surface area contributed by atoms with E-state index in [0.29, 0.717) is 13.1 Å². The van der Waals surface area contributed by atoms with E-state index in [1.165, 1.54) is 6.92 Å². The van der Waals surface area contributed by atoms with E-state index < -0.39 is 35.6 Å². The van der Waals surface area contributed by atoms with E-state index in [1.807, 2.05) is 0 Å². The van der Waals surface area contributed by atoms with Crippen LogP contribution in [0.4, 0.5) is 8.78 Å². The van der Waals surface area contributed by atoms with Gasteiger partial charge in [-0.2, -0.15) is 0 Å². The van der Waals surface area contributed by atoms with Crippen LogP contribution in [0, 0.1) is 17.0 Å². The fourth-order valence-corrected chi connectivity index (χ4v) is 1.92. The zero-order valence-electron chi connectivity index (χ0n) is 13.9. The van der Waals surface area contributed by atoms with Crippen molar-refractivity contribution in [2.45, 2.75) is 6.92 Å². The highest BCUT2D eigenvalue weighted by Gasteiger charge is 2.22. The van der Waals surface area contributed by atoms with E-state index in [0.717, 1.165) is 18.2 Å². The molecule has 1 aromatic carbocycles. The van der Waals surface area contributed by atoms with Gasteiger partial charge in [0.2, 0.25) is 5.78 Å². The first-order chi connectivity index (χ1) is 11.8. The van der Waals surface area contributed by atoms with Crippen LogP contribution < -0.4 is 16.4 Å². The van der Waals surface area contributed by atoms with Crippen molar-refractivity contribution in [3.8, 4) is 0 Å². The lowest BCUT2D eigenvalue weighted by molar-refractivity contribution is -0.137. The molecule has 0 saturated heterocycles. The maximum absolute atomic E-state index is 13.5. The van der Waals surface area contributed by atoms with E-state index in [9.17, 15) is 18.4 Å². The minimum Gasteiger partial charge on any atom is -0.454 e. The van der Waals surface area contributed by atoms with Crippen molar-refractivity contribution < 1.29 is 23.1 Å². The highest BCUT2D eigenvalue weighted by Crippen LogP contribution is 2.13. The molecule has 0 spiro atoms. The van der Waals surface area contributed by atoms with E-state index in [4.69, 9.17) is 15.9 Å². The van der Waals surface area contributed by atoms with Crippen LogP contribution in [0.2, 0.25) is 0 Å². The number of carbonyl (C=O) groups is 2. The summed E-state index contributed by atoms with van der Waals surface area (Å²) in [6.45, 7) is 1.40. The number of ether oxygens (including phenoxy) is 1. The van der Waals surface area contributed by atoms with Gasteiger partial charge in [0.05, 0.1) is 5.56 Å². The second kappa shape index (κ2) is 9.48. The Morgan fingerprint density at radius 2 is 1.84 bits per heavy atom. The number of Topliss-reactive ketones (excluding diaryl/α,β-unsaturated/α-hetero) is 1. The number of nitrogens with one attached hydrogen (secondary N) is 3. The average Bonchev–Trinajstić information content (AvgIpc) is 2.52. The summed E-state index contributed by atoms with van der Waals surface area (Å²) in [6.07, 6.45) is 0. The Morgan fingerprint density at radius 1 is 1.24 bits per heavy atom. The lowest BCUT2D eigenvalue weighted by Gasteiger charge is -2.12. The van der Waals surface area contributed by atoms with Gasteiger partial charge in [0.15, 0.2) is 6.61 Å². The zero-order valence-corrected chi connectivity index (χ0v) is 13.9. The number of hydrogen-bond acceptors (Lipinski definition) is 7. The lowest BCUT2D eigenvalue weighted by atomic mass is 10.1. The predicted molar refractivity (Wildman–Crippen MR) is 88.2 cm³/mol. The molecule has 0 saturated carbocycles. The van der Waals surface area contributed by atoms with Crippen LogP contribution in [0.15, 0.2) is 29.6 Å². The van der Waals surface area contributed by atoms with Crippen molar-refractivity contribution in [1.29, 1.82) is 5.41 Å². The molecule has 0 amide bonds. The Bertz CT molecular complexity index is 684. The largest absolute Gasteiger partial charge is 0.454 e. The van der Waals surface area contributed by atoms with Gasteiger partial charge >= 0.3 is 5.97 Å². The Hall–Kier alpha value is -2.81. The first-order valence-corrected chi connectivity index (χ1v) is 7.37. The number of nitrogens with two attached hydrogens (primary N) is 1.